The maximum absolute atomic E-state index is 12.9. The maximum Gasteiger partial charge on any atom is 0.241 e. The molecule has 7 heteroatoms. The van der Waals surface area contributed by atoms with E-state index in [-0.39, 0.29) is 22.3 Å². The van der Waals surface area contributed by atoms with Gasteiger partial charge in [0.25, 0.3) is 0 Å². The Labute approximate surface area is 192 Å². The number of hydrogen-bond acceptors (Lipinski definition) is 4. The second-order valence-electron chi connectivity index (χ2n) is 9.84. The summed E-state index contributed by atoms with van der Waals surface area (Å²) in [6.45, 7) is 12.3. The Balaban J connectivity index is 1.65. The standard InChI is InChI=1S/C25H35N3O3S/c1-18-10-12-22(13-11-18)32(30,31)27-19(2)24(29)26-23(25(3,4)5)17-28-15-14-20-8-6-7-9-21(20)16-28/h6-13,19,23,27H,14-17H2,1-5H3,(H,26,29)/t19-,23+/m0/s1. The number of fused-ring (bicyclic) bond motifs is 1. The van der Waals surface area contributed by atoms with Gasteiger partial charge in [-0.2, -0.15) is 4.72 Å². The van der Waals surface area contributed by atoms with Crippen LogP contribution in [0.15, 0.2) is 53.4 Å². The monoisotopic (exact) mass is 457 g/mol. The van der Waals surface area contributed by atoms with E-state index >= 15 is 0 Å². The van der Waals surface area contributed by atoms with Crippen LogP contribution in [0.25, 0.3) is 0 Å². The topological polar surface area (TPSA) is 78.5 Å². The van der Waals surface area contributed by atoms with E-state index in [9.17, 15) is 13.2 Å². The Morgan fingerprint density at radius 2 is 1.69 bits per heavy atom. The van der Waals surface area contributed by atoms with Crippen LogP contribution in [0.2, 0.25) is 0 Å². The number of nitrogens with one attached hydrogen (secondary N) is 2. The second kappa shape index (κ2) is 9.73. The minimum atomic E-state index is -3.77. The van der Waals surface area contributed by atoms with Crippen molar-refractivity contribution in [2.75, 3.05) is 13.1 Å². The fourth-order valence-corrected chi connectivity index (χ4v) is 5.08. The molecule has 3 rings (SSSR count). The molecule has 174 valence electrons. The molecule has 0 bridgehead atoms. The number of nitrogens with zero attached hydrogens (tertiary/aromatic N) is 1. The number of carbonyl (C=O) groups excluding carboxylic acids is 1. The molecule has 1 amide bonds. The van der Waals surface area contributed by atoms with Gasteiger partial charge < -0.3 is 5.32 Å². The number of rotatable bonds is 7. The van der Waals surface area contributed by atoms with Gasteiger partial charge in [0.15, 0.2) is 0 Å². The van der Waals surface area contributed by atoms with Gasteiger partial charge in [0.2, 0.25) is 15.9 Å². The van der Waals surface area contributed by atoms with E-state index in [0.29, 0.717) is 6.54 Å². The van der Waals surface area contributed by atoms with Gasteiger partial charge in [-0.3, -0.25) is 9.69 Å². The first-order chi connectivity index (χ1) is 15.0. The van der Waals surface area contributed by atoms with Crippen molar-refractivity contribution in [3.63, 3.8) is 0 Å². The van der Waals surface area contributed by atoms with E-state index in [1.54, 1.807) is 31.2 Å². The van der Waals surface area contributed by atoms with Crippen molar-refractivity contribution in [1.29, 1.82) is 0 Å². The van der Waals surface area contributed by atoms with Gasteiger partial charge in [0, 0.05) is 25.7 Å². The highest BCUT2D eigenvalue weighted by Crippen LogP contribution is 2.24. The predicted molar refractivity (Wildman–Crippen MR) is 128 cm³/mol. The number of carbonyl (C=O) groups is 1. The van der Waals surface area contributed by atoms with Crippen molar-refractivity contribution in [2.45, 2.75) is 64.6 Å². The molecule has 2 atom stereocenters. The average molecular weight is 458 g/mol. The number of benzene rings is 2. The zero-order chi connectivity index (χ0) is 23.5. The van der Waals surface area contributed by atoms with Crippen LogP contribution in [0.3, 0.4) is 0 Å². The number of aryl methyl sites for hydroxylation is 1. The third-order valence-electron chi connectivity index (χ3n) is 6.07. The van der Waals surface area contributed by atoms with Gasteiger partial charge in [-0.25, -0.2) is 8.42 Å². The minimum absolute atomic E-state index is 0.119. The summed E-state index contributed by atoms with van der Waals surface area (Å²) in [7, 11) is -3.77. The first kappa shape index (κ1) is 24.4. The minimum Gasteiger partial charge on any atom is -0.350 e. The fourth-order valence-electron chi connectivity index (χ4n) is 3.87. The summed E-state index contributed by atoms with van der Waals surface area (Å²) in [4.78, 5) is 15.5. The lowest BCUT2D eigenvalue weighted by atomic mass is 9.85. The van der Waals surface area contributed by atoms with Gasteiger partial charge in [-0.05, 0) is 48.9 Å². The molecule has 6 nitrogen and oxygen atoms in total. The molecule has 0 saturated heterocycles. The largest absolute Gasteiger partial charge is 0.350 e. The van der Waals surface area contributed by atoms with E-state index in [0.717, 1.165) is 25.1 Å². The molecule has 1 heterocycles. The summed E-state index contributed by atoms with van der Waals surface area (Å²) in [6, 6.07) is 14.1. The fraction of sp³-hybridized carbons (Fsp3) is 0.480. The Hall–Kier alpha value is -2.22. The van der Waals surface area contributed by atoms with Crippen molar-refractivity contribution in [3.8, 4) is 0 Å². The predicted octanol–water partition coefficient (Wildman–Crippen LogP) is 3.25. The summed E-state index contributed by atoms with van der Waals surface area (Å²) >= 11 is 0. The molecule has 0 saturated carbocycles. The highest BCUT2D eigenvalue weighted by Gasteiger charge is 2.31. The lowest BCUT2D eigenvalue weighted by molar-refractivity contribution is -0.124. The molecular weight excluding hydrogens is 422 g/mol. The highest BCUT2D eigenvalue weighted by atomic mass is 32.2. The Morgan fingerprint density at radius 1 is 1.06 bits per heavy atom. The lowest BCUT2D eigenvalue weighted by Crippen LogP contribution is -2.55. The summed E-state index contributed by atoms with van der Waals surface area (Å²) in [5.41, 5.74) is 3.52. The van der Waals surface area contributed by atoms with Crippen LogP contribution in [0.5, 0.6) is 0 Å². The second-order valence-corrected chi connectivity index (χ2v) is 11.6. The smallest absolute Gasteiger partial charge is 0.241 e. The first-order valence-electron chi connectivity index (χ1n) is 11.1. The lowest BCUT2D eigenvalue weighted by Gasteiger charge is -2.38. The van der Waals surface area contributed by atoms with Gasteiger partial charge >= 0.3 is 0 Å². The normalized spacial score (nSPS) is 16.8. The third kappa shape index (κ3) is 6.18. The third-order valence-corrected chi connectivity index (χ3v) is 7.63. The molecule has 2 N–H and O–H groups in total. The molecular formula is C25H35N3O3S. The van der Waals surface area contributed by atoms with Crippen molar-refractivity contribution in [3.05, 3.63) is 65.2 Å². The molecule has 0 radical (unpaired) electrons. The van der Waals surface area contributed by atoms with Crippen molar-refractivity contribution >= 4 is 15.9 Å². The van der Waals surface area contributed by atoms with E-state index in [1.165, 1.54) is 11.1 Å². The Morgan fingerprint density at radius 3 is 2.31 bits per heavy atom. The average Bonchev–Trinajstić information content (AvgIpc) is 2.72. The van der Waals surface area contributed by atoms with Crippen LogP contribution in [0.1, 0.15) is 44.4 Å². The first-order valence-corrected chi connectivity index (χ1v) is 12.6. The van der Waals surface area contributed by atoms with E-state index in [2.05, 4.69) is 60.0 Å². The molecule has 0 aliphatic carbocycles. The van der Waals surface area contributed by atoms with Crippen LogP contribution in [-0.4, -0.2) is 44.4 Å². The SMILES string of the molecule is Cc1ccc(S(=O)(=O)N[C@@H](C)C(=O)N[C@H](CN2CCc3ccccc3C2)C(C)(C)C)cc1. The van der Waals surface area contributed by atoms with Crippen LogP contribution in [-0.2, 0) is 27.8 Å². The number of amides is 1. The summed E-state index contributed by atoms with van der Waals surface area (Å²) in [5, 5.41) is 3.10. The van der Waals surface area contributed by atoms with Gasteiger partial charge in [-0.1, -0.05) is 62.7 Å². The maximum atomic E-state index is 12.9. The highest BCUT2D eigenvalue weighted by molar-refractivity contribution is 7.89. The van der Waals surface area contributed by atoms with E-state index < -0.39 is 16.1 Å². The molecule has 2 aromatic rings. The molecule has 1 aliphatic rings. The van der Waals surface area contributed by atoms with E-state index in [4.69, 9.17) is 0 Å². The summed E-state index contributed by atoms with van der Waals surface area (Å²) in [5.74, 6) is -0.321. The molecule has 1 aliphatic heterocycles. The Bertz CT molecular complexity index is 1040. The Kier molecular flexibility index (Phi) is 7.43. The van der Waals surface area contributed by atoms with E-state index in [1.807, 2.05) is 6.92 Å². The summed E-state index contributed by atoms with van der Waals surface area (Å²) in [6.07, 6.45) is 0.994. The molecule has 0 fully saturated rings. The zero-order valence-electron chi connectivity index (χ0n) is 19.7. The number of sulfonamides is 1. The van der Waals surface area contributed by atoms with Crippen LogP contribution in [0.4, 0.5) is 0 Å². The van der Waals surface area contributed by atoms with Gasteiger partial charge in [-0.15, -0.1) is 0 Å². The molecule has 2 aromatic carbocycles. The van der Waals surface area contributed by atoms with Crippen LogP contribution in [0, 0.1) is 12.3 Å². The molecule has 0 spiro atoms. The van der Waals surface area contributed by atoms with Crippen molar-refractivity contribution < 1.29 is 13.2 Å². The zero-order valence-corrected chi connectivity index (χ0v) is 20.5. The quantitative estimate of drug-likeness (QED) is 0.669. The molecule has 32 heavy (non-hydrogen) atoms. The summed E-state index contributed by atoms with van der Waals surface area (Å²) < 4.78 is 27.9. The molecule has 0 aromatic heterocycles. The van der Waals surface area contributed by atoms with Crippen molar-refractivity contribution in [1.82, 2.24) is 14.9 Å². The van der Waals surface area contributed by atoms with Gasteiger partial charge in [0.1, 0.15) is 0 Å². The van der Waals surface area contributed by atoms with Crippen LogP contribution >= 0.6 is 0 Å². The van der Waals surface area contributed by atoms with Gasteiger partial charge in [0.05, 0.1) is 10.9 Å². The molecule has 0 unspecified atom stereocenters. The van der Waals surface area contributed by atoms with Crippen molar-refractivity contribution in [2.24, 2.45) is 5.41 Å². The van der Waals surface area contributed by atoms with Crippen LogP contribution < -0.4 is 10.0 Å². The number of hydrogen-bond donors (Lipinski definition) is 2.